The quantitative estimate of drug-likeness (QED) is 0.435. The van der Waals surface area contributed by atoms with Gasteiger partial charge in [0.25, 0.3) is 10.0 Å². The molecule has 16 heteroatoms. The zero-order valence-corrected chi connectivity index (χ0v) is 22.4. The van der Waals surface area contributed by atoms with Crippen molar-refractivity contribution in [2.45, 2.75) is 55.4 Å². The Balaban J connectivity index is 1.58. The summed E-state index contributed by atoms with van der Waals surface area (Å²) in [5.41, 5.74) is -3.07. The SMILES string of the molecule is CC(C)(OC(=O)Nc1ccc2c(c1)N(S(=O)(=O)c1ccc(F)cc1)C[C@H](CNC(=O)C1CC(F)(F)C1)O2)C(F)(F)F. The molecule has 9 nitrogen and oxygen atoms in total. The van der Waals surface area contributed by atoms with Crippen LogP contribution in [0.25, 0.3) is 0 Å². The van der Waals surface area contributed by atoms with Crippen LogP contribution < -0.4 is 19.7 Å². The van der Waals surface area contributed by atoms with Gasteiger partial charge in [-0.1, -0.05) is 0 Å². The standard InChI is InChI=1S/C25H25F6N3O6S/c1-23(2,25(29,30)31)40-22(36)33-16-5-8-20-19(9-16)34(41(37,38)18-6-3-15(26)4-7-18)13-17(39-20)12-32-21(35)14-10-24(27,28)11-14/h3-9,14,17H,10-13H2,1-2H3,(H,32,35)(H,33,36)/t17-/m0/s1. The van der Waals surface area contributed by atoms with Crippen molar-refractivity contribution >= 4 is 33.4 Å². The van der Waals surface area contributed by atoms with Crippen LogP contribution in [0.2, 0.25) is 0 Å². The van der Waals surface area contributed by atoms with Gasteiger partial charge in [0.15, 0.2) is 0 Å². The summed E-state index contributed by atoms with van der Waals surface area (Å²) < 4.78 is 117. The van der Waals surface area contributed by atoms with Gasteiger partial charge in [-0.25, -0.2) is 26.4 Å². The van der Waals surface area contributed by atoms with Crippen LogP contribution in [0.4, 0.5) is 42.5 Å². The lowest BCUT2D eigenvalue weighted by atomic mass is 9.81. The van der Waals surface area contributed by atoms with Crippen molar-refractivity contribution in [1.82, 2.24) is 5.32 Å². The van der Waals surface area contributed by atoms with Crippen LogP contribution in [-0.2, 0) is 19.6 Å². The van der Waals surface area contributed by atoms with Gasteiger partial charge in [0.1, 0.15) is 17.7 Å². The van der Waals surface area contributed by atoms with Crippen molar-refractivity contribution in [3.8, 4) is 5.75 Å². The Kier molecular flexibility index (Phi) is 7.84. The van der Waals surface area contributed by atoms with Gasteiger partial charge in [-0.15, -0.1) is 0 Å². The third-order valence-electron chi connectivity index (χ3n) is 6.53. The number of sulfonamides is 1. The number of alkyl halides is 5. The van der Waals surface area contributed by atoms with E-state index < -0.39 is 76.9 Å². The fraction of sp³-hybridized carbons (Fsp3) is 0.440. The highest BCUT2D eigenvalue weighted by atomic mass is 32.2. The minimum absolute atomic E-state index is 0.0362. The molecule has 224 valence electrons. The highest BCUT2D eigenvalue weighted by Gasteiger charge is 2.51. The molecule has 1 heterocycles. The molecule has 0 spiro atoms. The number of hydrogen-bond acceptors (Lipinski definition) is 6. The van der Waals surface area contributed by atoms with Gasteiger partial charge in [0.2, 0.25) is 17.4 Å². The maximum atomic E-state index is 13.6. The molecule has 1 saturated carbocycles. The first kappa shape index (κ1) is 30.3. The van der Waals surface area contributed by atoms with E-state index in [0.717, 1.165) is 34.6 Å². The van der Waals surface area contributed by atoms with E-state index in [0.29, 0.717) is 13.8 Å². The largest absolute Gasteiger partial charge is 0.484 e. The first-order valence-corrected chi connectivity index (χ1v) is 13.6. The maximum absolute atomic E-state index is 13.6. The van der Waals surface area contributed by atoms with Crippen molar-refractivity contribution < 1.29 is 53.8 Å². The van der Waals surface area contributed by atoms with Crippen LogP contribution >= 0.6 is 0 Å². The van der Waals surface area contributed by atoms with Crippen LogP contribution in [-0.4, -0.2) is 57.3 Å². The smallest absolute Gasteiger partial charge is 0.427 e. The predicted octanol–water partition coefficient (Wildman–Crippen LogP) is 4.83. The van der Waals surface area contributed by atoms with Crippen molar-refractivity contribution in [1.29, 1.82) is 0 Å². The highest BCUT2D eigenvalue weighted by molar-refractivity contribution is 7.92. The number of amides is 2. The second kappa shape index (κ2) is 10.6. The molecule has 2 aliphatic rings. The number of anilines is 2. The van der Waals surface area contributed by atoms with Gasteiger partial charge in [0, 0.05) is 24.4 Å². The monoisotopic (exact) mass is 609 g/mol. The summed E-state index contributed by atoms with van der Waals surface area (Å²) in [7, 11) is -4.40. The zero-order chi connectivity index (χ0) is 30.4. The number of carbonyl (C=O) groups excluding carboxylic acids is 2. The van der Waals surface area contributed by atoms with E-state index >= 15 is 0 Å². The first-order valence-electron chi connectivity index (χ1n) is 12.2. The van der Waals surface area contributed by atoms with E-state index in [-0.39, 0.29) is 28.6 Å². The third-order valence-corrected chi connectivity index (χ3v) is 8.33. The molecular weight excluding hydrogens is 584 g/mol. The molecule has 2 amide bonds. The van der Waals surface area contributed by atoms with Crippen molar-refractivity contribution in [3.05, 3.63) is 48.3 Å². The number of nitrogens with one attached hydrogen (secondary N) is 2. The van der Waals surface area contributed by atoms with Gasteiger partial charge in [-0.05, 0) is 56.3 Å². The molecule has 0 unspecified atom stereocenters. The summed E-state index contributed by atoms with van der Waals surface area (Å²) >= 11 is 0. The van der Waals surface area contributed by atoms with E-state index in [1.807, 2.05) is 0 Å². The molecule has 1 fully saturated rings. The molecule has 41 heavy (non-hydrogen) atoms. The third kappa shape index (κ3) is 6.63. The number of benzene rings is 2. The number of nitrogens with zero attached hydrogens (tertiary/aromatic N) is 1. The van der Waals surface area contributed by atoms with Crippen LogP contribution in [0.5, 0.6) is 5.75 Å². The fourth-order valence-corrected chi connectivity index (χ4v) is 5.59. The number of halogens is 6. The second-order valence-corrected chi connectivity index (χ2v) is 12.0. The summed E-state index contributed by atoms with van der Waals surface area (Å²) in [5.74, 6) is -5.18. The fourth-order valence-electron chi connectivity index (χ4n) is 4.10. The van der Waals surface area contributed by atoms with E-state index in [2.05, 4.69) is 15.4 Å². The Morgan fingerprint density at radius 3 is 2.32 bits per heavy atom. The molecular formula is C25H25F6N3O6S. The van der Waals surface area contributed by atoms with Crippen LogP contribution in [0.3, 0.4) is 0 Å². The lowest BCUT2D eigenvalue weighted by molar-refractivity contribution is -0.242. The minimum atomic E-state index is -4.86. The molecule has 1 aliphatic heterocycles. The van der Waals surface area contributed by atoms with Crippen molar-refractivity contribution in [3.63, 3.8) is 0 Å². The molecule has 0 bridgehead atoms. The van der Waals surface area contributed by atoms with E-state index in [1.54, 1.807) is 0 Å². The second-order valence-electron chi connectivity index (χ2n) is 10.1. The molecule has 0 aromatic heterocycles. The topological polar surface area (TPSA) is 114 Å². The summed E-state index contributed by atoms with van der Waals surface area (Å²) in [6.45, 7) is 0.664. The Hall–Kier alpha value is -3.69. The maximum Gasteiger partial charge on any atom is 0.427 e. The zero-order valence-electron chi connectivity index (χ0n) is 21.6. The molecule has 0 saturated heterocycles. The molecule has 1 aliphatic carbocycles. The Bertz CT molecular complexity index is 1420. The number of hydrogen-bond donors (Lipinski definition) is 2. The van der Waals surface area contributed by atoms with Gasteiger partial charge in [-0.3, -0.25) is 14.4 Å². The summed E-state index contributed by atoms with van der Waals surface area (Å²) in [6, 6.07) is 7.49. The molecule has 4 rings (SSSR count). The Morgan fingerprint density at radius 1 is 1.10 bits per heavy atom. The van der Waals surface area contributed by atoms with Gasteiger partial charge >= 0.3 is 12.3 Å². The van der Waals surface area contributed by atoms with Crippen LogP contribution in [0, 0.1) is 11.7 Å². The normalized spacial score (nSPS) is 18.9. The number of ether oxygens (including phenoxy) is 2. The van der Waals surface area contributed by atoms with E-state index in [9.17, 15) is 44.3 Å². The number of rotatable bonds is 7. The summed E-state index contributed by atoms with van der Waals surface area (Å²) in [5, 5.41) is 4.60. The Morgan fingerprint density at radius 2 is 1.73 bits per heavy atom. The minimum Gasteiger partial charge on any atom is -0.484 e. The van der Waals surface area contributed by atoms with Crippen molar-refractivity contribution in [2.75, 3.05) is 22.7 Å². The lowest BCUT2D eigenvalue weighted by Gasteiger charge is -2.37. The highest BCUT2D eigenvalue weighted by Crippen LogP contribution is 2.43. The molecule has 2 aromatic rings. The number of fused-ring (bicyclic) bond motifs is 1. The van der Waals surface area contributed by atoms with Crippen LogP contribution in [0.1, 0.15) is 26.7 Å². The van der Waals surface area contributed by atoms with Crippen LogP contribution in [0.15, 0.2) is 47.4 Å². The number of carbonyl (C=O) groups is 2. The molecule has 0 radical (unpaired) electrons. The molecule has 1 atom stereocenters. The first-order chi connectivity index (χ1) is 18.9. The van der Waals surface area contributed by atoms with Gasteiger partial charge in [-0.2, -0.15) is 13.2 Å². The van der Waals surface area contributed by atoms with E-state index in [1.165, 1.54) is 12.1 Å². The lowest BCUT2D eigenvalue weighted by Crippen LogP contribution is -2.51. The van der Waals surface area contributed by atoms with E-state index in [4.69, 9.17) is 4.74 Å². The molecule has 2 aromatic carbocycles. The summed E-state index contributed by atoms with van der Waals surface area (Å²) in [4.78, 5) is 24.1. The average molecular weight is 610 g/mol. The summed E-state index contributed by atoms with van der Waals surface area (Å²) in [6.07, 6.45) is -8.51. The van der Waals surface area contributed by atoms with Gasteiger partial charge < -0.3 is 14.8 Å². The molecule has 2 N–H and O–H groups in total. The Labute approximate surface area is 230 Å². The average Bonchev–Trinajstić information content (AvgIpc) is 2.84. The van der Waals surface area contributed by atoms with Gasteiger partial charge in [0.05, 0.1) is 23.7 Å². The predicted molar refractivity (Wildman–Crippen MR) is 133 cm³/mol. The van der Waals surface area contributed by atoms with Crippen molar-refractivity contribution in [2.24, 2.45) is 5.92 Å².